The van der Waals surface area contributed by atoms with Crippen molar-refractivity contribution in [3.8, 4) is 11.4 Å². The van der Waals surface area contributed by atoms with E-state index >= 15 is 0 Å². The topological polar surface area (TPSA) is 64.2 Å². The highest BCUT2D eigenvalue weighted by atomic mass is 32.2. The summed E-state index contributed by atoms with van der Waals surface area (Å²) in [6.07, 6.45) is 1.66. The minimum absolute atomic E-state index is 0.0501. The highest BCUT2D eigenvalue weighted by molar-refractivity contribution is 8.00. The first-order chi connectivity index (χ1) is 15.5. The number of rotatable bonds is 8. The molecule has 164 valence electrons. The van der Waals surface area contributed by atoms with Crippen LogP contribution in [-0.4, -0.2) is 37.9 Å². The number of aryl methyl sites for hydroxylation is 1. The molecule has 0 N–H and O–H groups in total. The van der Waals surface area contributed by atoms with Crippen LogP contribution in [0.2, 0.25) is 0 Å². The van der Waals surface area contributed by atoms with Gasteiger partial charge in [0.15, 0.2) is 11.0 Å². The summed E-state index contributed by atoms with van der Waals surface area (Å²) in [6, 6.07) is 22.1. The van der Waals surface area contributed by atoms with Gasteiger partial charge in [0.1, 0.15) is 5.76 Å². The van der Waals surface area contributed by atoms with Crippen molar-refractivity contribution in [3.05, 3.63) is 89.9 Å². The van der Waals surface area contributed by atoms with Crippen LogP contribution in [0.5, 0.6) is 0 Å². The van der Waals surface area contributed by atoms with Gasteiger partial charge >= 0.3 is 0 Å². The van der Waals surface area contributed by atoms with Gasteiger partial charge in [-0.2, -0.15) is 0 Å². The summed E-state index contributed by atoms with van der Waals surface area (Å²) in [5.41, 5.74) is 3.14. The molecule has 0 saturated carbocycles. The molecule has 0 aliphatic heterocycles. The van der Waals surface area contributed by atoms with Gasteiger partial charge in [-0.1, -0.05) is 72.4 Å². The van der Waals surface area contributed by atoms with Crippen LogP contribution < -0.4 is 0 Å². The molecule has 6 nitrogen and oxygen atoms in total. The van der Waals surface area contributed by atoms with Crippen LogP contribution in [0.3, 0.4) is 0 Å². The third kappa shape index (κ3) is 4.94. The first-order valence-corrected chi connectivity index (χ1v) is 11.4. The molecule has 0 spiro atoms. The van der Waals surface area contributed by atoms with Gasteiger partial charge in [-0.3, -0.25) is 9.36 Å². The van der Waals surface area contributed by atoms with Crippen LogP contribution in [0.15, 0.2) is 82.6 Å². The third-order valence-corrected chi connectivity index (χ3v) is 6.34. The van der Waals surface area contributed by atoms with Crippen LogP contribution in [-0.2, 0) is 17.9 Å². The van der Waals surface area contributed by atoms with Gasteiger partial charge in [0.05, 0.1) is 23.6 Å². The molecule has 2 aromatic carbocycles. The summed E-state index contributed by atoms with van der Waals surface area (Å²) in [4.78, 5) is 14.8. The van der Waals surface area contributed by atoms with Crippen LogP contribution in [0.4, 0.5) is 0 Å². The van der Waals surface area contributed by atoms with E-state index in [9.17, 15) is 4.79 Å². The average molecular weight is 447 g/mol. The monoisotopic (exact) mass is 446 g/mol. The van der Waals surface area contributed by atoms with E-state index in [2.05, 4.69) is 26.9 Å². The Morgan fingerprint density at radius 2 is 1.69 bits per heavy atom. The first-order valence-electron chi connectivity index (χ1n) is 10.5. The zero-order valence-corrected chi connectivity index (χ0v) is 19.2. The fraction of sp³-hybridized carbons (Fsp3) is 0.240. The number of carbonyl (C=O) groups excluding carboxylic acids is 1. The second-order valence-electron chi connectivity index (χ2n) is 7.71. The Morgan fingerprint density at radius 1 is 1.03 bits per heavy atom. The molecular weight excluding hydrogens is 420 g/mol. The Labute approximate surface area is 192 Å². The molecule has 7 heteroatoms. The van der Waals surface area contributed by atoms with Crippen molar-refractivity contribution in [2.75, 3.05) is 7.05 Å². The molecule has 0 saturated heterocycles. The molecule has 32 heavy (non-hydrogen) atoms. The maximum absolute atomic E-state index is 13.0. The van der Waals surface area contributed by atoms with Gasteiger partial charge in [0.2, 0.25) is 5.91 Å². The molecule has 1 atom stereocenters. The Hall–Kier alpha value is -3.32. The summed E-state index contributed by atoms with van der Waals surface area (Å²) in [7, 11) is 1.83. The van der Waals surface area contributed by atoms with Crippen molar-refractivity contribution in [1.82, 2.24) is 19.7 Å². The predicted molar refractivity (Wildman–Crippen MR) is 126 cm³/mol. The second-order valence-corrected chi connectivity index (χ2v) is 9.02. The van der Waals surface area contributed by atoms with Gasteiger partial charge in [0, 0.05) is 13.6 Å². The summed E-state index contributed by atoms with van der Waals surface area (Å²) in [5.74, 6) is 1.57. The molecule has 0 radical (unpaired) electrons. The molecule has 2 heterocycles. The quantitative estimate of drug-likeness (QED) is 0.355. The summed E-state index contributed by atoms with van der Waals surface area (Å²) in [6.45, 7) is 5.00. The molecule has 1 amide bonds. The predicted octanol–water partition coefficient (Wildman–Crippen LogP) is 5.03. The lowest BCUT2D eigenvalue weighted by molar-refractivity contribution is -0.129. The van der Waals surface area contributed by atoms with Crippen molar-refractivity contribution in [2.24, 2.45) is 0 Å². The second kappa shape index (κ2) is 9.87. The molecular formula is C25H26N4O2S. The molecule has 0 fully saturated rings. The SMILES string of the molecule is Cc1occc1-c1nnc(SC(C)C(=O)N(C)Cc2ccccc2)n1Cc1ccccc1. The average Bonchev–Trinajstić information content (AvgIpc) is 3.40. The van der Waals surface area contributed by atoms with E-state index in [0.717, 1.165) is 28.3 Å². The smallest absolute Gasteiger partial charge is 0.235 e. The maximum Gasteiger partial charge on any atom is 0.235 e. The van der Waals surface area contributed by atoms with Gasteiger partial charge in [-0.15, -0.1) is 10.2 Å². The van der Waals surface area contributed by atoms with Crippen molar-refractivity contribution < 1.29 is 9.21 Å². The highest BCUT2D eigenvalue weighted by Crippen LogP contribution is 2.30. The van der Waals surface area contributed by atoms with Crippen LogP contribution in [0.1, 0.15) is 23.8 Å². The fourth-order valence-electron chi connectivity index (χ4n) is 3.55. The molecule has 0 aliphatic rings. The van der Waals surface area contributed by atoms with Crippen molar-refractivity contribution in [2.45, 2.75) is 37.3 Å². The summed E-state index contributed by atoms with van der Waals surface area (Å²) < 4.78 is 7.55. The molecule has 4 aromatic rings. The van der Waals surface area contributed by atoms with E-state index in [1.54, 1.807) is 11.2 Å². The minimum atomic E-state index is -0.305. The largest absolute Gasteiger partial charge is 0.469 e. The number of hydrogen-bond donors (Lipinski definition) is 0. The number of hydrogen-bond acceptors (Lipinski definition) is 5. The van der Waals surface area contributed by atoms with Gasteiger partial charge in [-0.05, 0) is 31.0 Å². The third-order valence-electron chi connectivity index (χ3n) is 5.27. The van der Waals surface area contributed by atoms with Crippen LogP contribution >= 0.6 is 11.8 Å². The number of thioether (sulfide) groups is 1. The lowest BCUT2D eigenvalue weighted by Crippen LogP contribution is -2.33. The number of nitrogens with zero attached hydrogens (tertiary/aromatic N) is 4. The van der Waals surface area contributed by atoms with E-state index in [0.29, 0.717) is 18.2 Å². The lowest BCUT2D eigenvalue weighted by atomic mass is 10.2. The molecule has 1 unspecified atom stereocenters. The Balaban J connectivity index is 1.56. The van der Waals surface area contributed by atoms with Crippen LogP contribution in [0.25, 0.3) is 11.4 Å². The maximum atomic E-state index is 13.0. The number of benzene rings is 2. The van der Waals surface area contributed by atoms with Crippen molar-refractivity contribution in [3.63, 3.8) is 0 Å². The zero-order chi connectivity index (χ0) is 22.5. The number of carbonyl (C=O) groups is 1. The van der Waals surface area contributed by atoms with Crippen molar-refractivity contribution >= 4 is 17.7 Å². The number of amides is 1. The van der Waals surface area contributed by atoms with E-state index in [1.807, 2.05) is 75.5 Å². The van der Waals surface area contributed by atoms with E-state index in [4.69, 9.17) is 4.42 Å². The Kier molecular flexibility index (Phi) is 6.75. The van der Waals surface area contributed by atoms with E-state index in [1.165, 1.54) is 11.8 Å². The summed E-state index contributed by atoms with van der Waals surface area (Å²) >= 11 is 1.43. The molecule has 4 rings (SSSR count). The summed E-state index contributed by atoms with van der Waals surface area (Å²) in [5, 5.41) is 9.29. The number of aromatic nitrogens is 3. The lowest BCUT2D eigenvalue weighted by Gasteiger charge is -2.21. The Morgan fingerprint density at radius 3 is 2.31 bits per heavy atom. The first kappa shape index (κ1) is 21.9. The Bertz CT molecular complexity index is 1170. The number of furan rings is 1. The van der Waals surface area contributed by atoms with Crippen LogP contribution in [0, 0.1) is 6.92 Å². The fourth-order valence-corrected chi connectivity index (χ4v) is 4.52. The molecule has 0 aliphatic carbocycles. The zero-order valence-electron chi connectivity index (χ0n) is 18.4. The standard InChI is InChI=1S/C25H26N4O2S/c1-18-22(14-15-31-18)23-26-27-25(29(23)17-21-12-8-5-9-13-21)32-19(2)24(30)28(3)16-20-10-6-4-7-11-20/h4-15,19H,16-17H2,1-3H3. The van der Waals surface area contributed by atoms with Gasteiger partial charge < -0.3 is 9.32 Å². The van der Waals surface area contributed by atoms with E-state index < -0.39 is 0 Å². The molecule has 2 aromatic heterocycles. The highest BCUT2D eigenvalue weighted by Gasteiger charge is 2.24. The minimum Gasteiger partial charge on any atom is -0.469 e. The van der Waals surface area contributed by atoms with Gasteiger partial charge in [0.25, 0.3) is 0 Å². The van der Waals surface area contributed by atoms with Crippen molar-refractivity contribution in [1.29, 1.82) is 0 Å². The normalized spacial score (nSPS) is 12.0. The van der Waals surface area contributed by atoms with Gasteiger partial charge in [-0.25, -0.2) is 0 Å². The molecule has 0 bridgehead atoms. The van der Waals surface area contributed by atoms with E-state index in [-0.39, 0.29) is 11.2 Å².